The highest BCUT2D eigenvalue weighted by atomic mass is 15.3. The van der Waals surface area contributed by atoms with Crippen molar-refractivity contribution < 1.29 is 0 Å². The van der Waals surface area contributed by atoms with Gasteiger partial charge in [0.1, 0.15) is 5.52 Å². The fourth-order valence-electron chi connectivity index (χ4n) is 3.18. The minimum atomic E-state index is 0.476. The number of nitrogens with zero attached hydrogens (tertiary/aromatic N) is 3. The molecule has 0 aliphatic carbocycles. The largest absolute Gasteiger partial charge is 0.382 e. The Labute approximate surface area is 153 Å². The summed E-state index contributed by atoms with van der Waals surface area (Å²) in [6.07, 6.45) is 0.783. The molecule has 0 saturated carbocycles. The Morgan fingerprint density at radius 1 is 0.962 bits per heavy atom. The van der Waals surface area contributed by atoms with Crippen LogP contribution < -0.4 is 11.5 Å². The van der Waals surface area contributed by atoms with Gasteiger partial charge in [0.15, 0.2) is 5.82 Å². The third kappa shape index (κ3) is 3.13. The minimum Gasteiger partial charge on any atom is -0.382 e. The van der Waals surface area contributed by atoms with Gasteiger partial charge in [-0.1, -0.05) is 56.3 Å². The van der Waals surface area contributed by atoms with Gasteiger partial charge in [0.2, 0.25) is 0 Å². The molecule has 2 heterocycles. The molecule has 134 valence electrons. The quantitative estimate of drug-likeness (QED) is 0.591. The first kappa shape index (κ1) is 17.9. The smallest absolute Gasteiger partial charge is 0.152 e. The van der Waals surface area contributed by atoms with Gasteiger partial charge < -0.3 is 11.5 Å². The van der Waals surface area contributed by atoms with E-state index in [4.69, 9.17) is 11.5 Å². The van der Waals surface area contributed by atoms with Gasteiger partial charge in [0.05, 0.1) is 11.2 Å². The van der Waals surface area contributed by atoms with E-state index in [1.165, 1.54) is 5.56 Å². The predicted octanol–water partition coefficient (Wildman–Crippen LogP) is 3.78. The summed E-state index contributed by atoms with van der Waals surface area (Å²) in [5, 5.41) is 6.77. The maximum atomic E-state index is 6.13. The maximum Gasteiger partial charge on any atom is 0.152 e. The van der Waals surface area contributed by atoms with Crippen LogP contribution in [0.2, 0.25) is 0 Å². The second kappa shape index (κ2) is 7.54. The average Bonchev–Trinajstić information content (AvgIpc) is 3.01. The highest BCUT2D eigenvalue weighted by molar-refractivity contribution is 6.09. The molecule has 0 spiro atoms. The molecule has 4 rings (SSSR count). The number of benzene rings is 2. The van der Waals surface area contributed by atoms with E-state index in [9.17, 15) is 0 Å². The van der Waals surface area contributed by atoms with Gasteiger partial charge in [-0.3, -0.25) is 4.68 Å². The Kier molecular flexibility index (Phi) is 5.19. The molecular formula is C21H25N5. The van der Waals surface area contributed by atoms with Gasteiger partial charge in [-0.2, -0.15) is 5.10 Å². The van der Waals surface area contributed by atoms with Gasteiger partial charge in [-0.25, -0.2) is 4.98 Å². The zero-order valence-corrected chi connectivity index (χ0v) is 15.5. The van der Waals surface area contributed by atoms with E-state index in [0.29, 0.717) is 12.4 Å². The van der Waals surface area contributed by atoms with Crippen molar-refractivity contribution in [3.63, 3.8) is 0 Å². The second-order valence-electron chi connectivity index (χ2n) is 6.01. The molecule has 0 amide bonds. The number of nitrogens with two attached hydrogens (primary N) is 2. The summed E-state index contributed by atoms with van der Waals surface area (Å²) in [6.45, 7) is 4.56. The van der Waals surface area contributed by atoms with E-state index < -0.39 is 0 Å². The zero-order valence-electron chi connectivity index (χ0n) is 15.5. The molecule has 0 aliphatic heterocycles. The monoisotopic (exact) mass is 347 g/mol. The Balaban J connectivity index is 0.000000948. The van der Waals surface area contributed by atoms with E-state index in [1.54, 1.807) is 0 Å². The highest BCUT2D eigenvalue weighted by Crippen LogP contribution is 2.31. The number of hydrogen-bond acceptors (Lipinski definition) is 4. The average molecular weight is 347 g/mol. The lowest BCUT2D eigenvalue weighted by Crippen LogP contribution is -2.00. The van der Waals surface area contributed by atoms with Crippen molar-refractivity contribution in [3.8, 4) is 0 Å². The van der Waals surface area contributed by atoms with Crippen LogP contribution in [-0.4, -0.2) is 14.8 Å². The number of fused-ring (bicyclic) bond motifs is 3. The van der Waals surface area contributed by atoms with Crippen molar-refractivity contribution in [2.75, 3.05) is 5.73 Å². The van der Waals surface area contributed by atoms with Crippen molar-refractivity contribution in [1.29, 1.82) is 0 Å². The first-order valence-corrected chi connectivity index (χ1v) is 8.95. The molecular weight excluding hydrogens is 322 g/mol. The van der Waals surface area contributed by atoms with Gasteiger partial charge >= 0.3 is 0 Å². The van der Waals surface area contributed by atoms with Crippen LogP contribution in [0.25, 0.3) is 21.8 Å². The number of aryl methyl sites for hydroxylation is 1. The lowest BCUT2D eigenvalue weighted by Gasteiger charge is -2.06. The second-order valence-corrected chi connectivity index (χ2v) is 6.01. The number of nitrogen functional groups attached to an aromatic ring is 1. The predicted molar refractivity (Wildman–Crippen MR) is 109 cm³/mol. The molecule has 2 aromatic heterocycles. The van der Waals surface area contributed by atoms with Crippen LogP contribution in [0.5, 0.6) is 0 Å². The lowest BCUT2D eigenvalue weighted by atomic mass is 10.0. The van der Waals surface area contributed by atoms with Crippen molar-refractivity contribution >= 4 is 27.6 Å². The molecule has 4 aromatic rings. The van der Waals surface area contributed by atoms with Gasteiger partial charge in [-0.15, -0.1) is 0 Å². The number of hydrogen-bond donors (Lipinski definition) is 2. The van der Waals surface area contributed by atoms with Crippen LogP contribution >= 0.6 is 0 Å². The van der Waals surface area contributed by atoms with Crippen LogP contribution in [0.1, 0.15) is 30.7 Å². The molecule has 0 unspecified atom stereocenters. The Morgan fingerprint density at radius 2 is 1.62 bits per heavy atom. The van der Waals surface area contributed by atoms with E-state index in [-0.39, 0.29) is 0 Å². The molecule has 5 nitrogen and oxygen atoms in total. The SMILES string of the molecule is CC.Cn1nc2c(N)nc3ccccc3c2c1Cc1ccc(CN)cc1. The van der Waals surface area contributed by atoms with Crippen LogP contribution in [0.15, 0.2) is 48.5 Å². The standard InChI is InChI=1S/C19H19N5.C2H6/c1-24-16(10-12-6-8-13(11-20)9-7-12)17-14-4-2-3-5-15(14)22-19(21)18(17)23-24;1-2/h2-9H,10-11,20H2,1H3,(H2,21,22);1-2H3. The third-order valence-electron chi connectivity index (χ3n) is 4.45. The number of para-hydroxylation sites is 1. The zero-order chi connectivity index (χ0) is 18.7. The number of pyridine rings is 1. The van der Waals surface area contributed by atoms with Gasteiger partial charge in [-0.05, 0) is 17.2 Å². The Bertz CT molecular complexity index is 1030. The summed E-state index contributed by atoms with van der Waals surface area (Å²) >= 11 is 0. The lowest BCUT2D eigenvalue weighted by molar-refractivity contribution is 0.734. The van der Waals surface area contributed by atoms with E-state index >= 15 is 0 Å². The summed E-state index contributed by atoms with van der Waals surface area (Å²) in [6, 6.07) is 16.4. The fourth-order valence-corrected chi connectivity index (χ4v) is 3.18. The molecule has 0 saturated heterocycles. The molecule has 2 aromatic carbocycles. The fraction of sp³-hybridized carbons (Fsp3) is 0.238. The number of rotatable bonds is 3. The van der Waals surface area contributed by atoms with Crippen molar-refractivity contribution in [1.82, 2.24) is 14.8 Å². The number of aromatic nitrogens is 3. The van der Waals surface area contributed by atoms with Crippen LogP contribution in [0, 0.1) is 0 Å². The van der Waals surface area contributed by atoms with E-state index in [0.717, 1.165) is 39.5 Å². The molecule has 0 aliphatic rings. The van der Waals surface area contributed by atoms with Crippen molar-refractivity contribution in [3.05, 3.63) is 65.4 Å². The van der Waals surface area contributed by atoms with Crippen molar-refractivity contribution in [2.45, 2.75) is 26.8 Å². The maximum absolute atomic E-state index is 6.13. The highest BCUT2D eigenvalue weighted by Gasteiger charge is 2.16. The molecule has 0 bridgehead atoms. The third-order valence-corrected chi connectivity index (χ3v) is 4.45. The number of anilines is 1. The summed E-state index contributed by atoms with van der Waals surface area (Å²) in [4.78, 5) is 4.48. The van der Waals surface area contributed by atoms with Gasteiger partial charge in [0, 0.05) is 30.8 Å². The Hall–Kier alpha value is -2.92. The van der Waals surface area contributed by atoms with Crippen LogP contribution in [-0.2, 0) is 20.0 Å². The summed E-state index contributed by atoms with van der Waals surface area (Å²) < 4.78 is 1.91. The topological polar surface area (TPSA) is 82.8 Å². The van der Waals surface area contributed by atoms with Crippen LogP contribution in [0.4, 0.5) is 5.82 Å². The molecule has 0 atom stereocenters. The van der Waals surface area contributed by atoms with E-state index in [1.807, 2.05) is 43.8 Å². The van der Waals surface area contributed by atoms with Gasteiger partial charge in [0.25, 0.3) is 0 Å². The molecule has 5 heteroatoms. The minimum absolute atomic E-state index is 0.476. The Morgan fingerprint density at radius 3 is 2.31 bits per heavy atom. The molecule has 4 N–H and O–H groups in total. The first-order chi connectivity index (χ1) is 12.7. The molecule has 26 heavy (non-hydrogen) atoms. The molecule has 0 radical (unpaired) electrons. The van der Waals surface area contributed by atoms with Crippen molar-refractivity contribution in [2.24, 2.45) is 12.8 Å². The summed E-state index contributed by atoms with van der Waals surface area (Å²) in [7, 11) is 1.96. The van der Waals surface area contributed by atoms with Crippen LogP contribution in [0.3, 0.4) is 0 Å². The summed E-state index contributed by atoms with van der Waals surface area (Å²) in [5.74, 6) is 0.476. The normalized spacial score (nSPS) is 10.8. The molecule has 0 fully saturated rings. The first-order valence-electron chi connectivity index (χ1n) is 8.95. The summed E-state index contributed by atoms with van der Waals surface area (Å²) in [5.41, 5.74) is 17.0. The van der Waals surface area contributed by atoms with E-state index in [2.05, 4.69) is 40.4 Å².